The molecule has 0 bridgehead atoms. The third kappa shape index (κ3) is 2.44. The molecule has 0 saturated carbocycles. The predicted molar refractivity (Wildman–Crippen MR) is 92.7 cm³/mol. The highest BCUT2D eigenvalue weighted by Crippen LogP contribution is 2.37. The fourth-order valence-corrected chi connectivity index (χ4v) is 5.20. The SMILES string of the molecule is Clc1nc(-c2cc3c(s2)CCSC3)nc2c(Cl)cccc12. The maximum Gasteiger partial charge on any atom is 0.171 e. The van der Waals surface area contributed by atoms with E-state index in [2.05, 4.69) is 16.0 Å². The van der Waals surface area contributed by atoms with Gasteiger partial charge in [0.15, 0.2) is 5.82 Å². The Labute approximate surface area is 140 Å². The molecule has 4 rings (SSSR count). The molecule has 1 aliphatic rings. The highest BCUT2D eigenvalue weighted by Gasteiger charge is 2.17. The molecule has 0 atom stereocenters. The van der Waals surface area contributed by atoms with E-state index < -0.39 is 0 Å². The van der Waals surface area contributed by atoms with Crippen LogP contribution in [0, 0.1) is 0 Å². The minimum absolute atomic E-state index is 0.457. The summed E-state index contributed by atoms with van der Waals surface area (Å²) in [5.41, 5.74) is 2.13. The van der Waals surface area contributed by atoms with Crippen LogP contribution < -0.4 is 0 Å². The van der Waals surface area contributed by atoms with Crippen molar-refractivity contribution in [3.63, 3.8) is 0 Å². The van der Waals surface area contributed by atoms with Gasteiger partial charge >= 0.3 is 0 Å². The normalized spacial score (nSPS) is 14.4. The minimum Gasteiger partial charge on any atom is -0.226 e. The van der Waals surface area contributed by atoms with Crippen LogP contribution in [0.25, 0.3) is 21.6 Å². The van der Waals surface area contributed by atoms with E-state index in [1.165, 1.54) is 16.2 Å². The Morgan fingerprint density at radius 3 is 2.90 bits per heavy atom. The first kappa shape index (κ1) is 13.8. The first-order valence-electron chi connectivity index (χ1n) is 6.54. The molecule has 106 valence electrons. The van der Waals surface area contributed by atoms with Gasteiger partial charge in [-0.25, -0.2) is 9.97 Å². The number of nitrogens with zero attached hydrogens (tertiary/aromatic N) is 2. The summed E-state index contributed by atoms with van der Waals surface area (Å²) in [5, 5.41) is 1.86. The monoisotopic (exact) mass is 352 g/mol. The Morgan fingerprint density at radius 2 is 2.05 bits per heavy atom. The maximum absolute atomic E-state index is 6.30. The van der Waals surface area contributed by atoms with E-state index in [0.717, 1.165) is 28.0 Å². The van der Waals surface area contributed by atoms with Crippen LogP contribution in [-0.2, 0) is 12.2 Å². The van der Waals surface area contributed by atoms with E-state index in [1.807, 2.05) is 30.0 Å². The van der Waals surface area contributed by atoms with E-state index >= 15 is 0 Å². The number of thiophene rings is 1. The van der Waals surface area contributed by atoms with Crippen LogP contribution in [0.15, 0.2) is 24.3 Å². The maximum atomic E-state index is 6.30. The van der Waals surface area contributed by atoms with Crippen molar-refractivity contribution in [2.45, 2.75) is 12.2 Å². The lowest BCUT2D eigenvalue weighted by molar-refractivity contribution is 1.13. The standard InChI is InChI=1S/C15H10Cl2N2S2/c16-10-3-1-2-9-13(10)18-15(19-14(9)17)12-6-8-7-20-5-4-11(8)21-12/h1-3,6H,4-5,7H2. The highest BCUT2D eigenvalue weighted by atomic mass is 35.5. The average molecular weight is 353 g/mol. The summed E-state index contributed by atoms with van der Waals surface area (Å²) in [7, 11) is 0. The van der Waals surface area contributed by atoms with Crippen molar-refractivity contribution in [2.75, 3.05) is 5.75 Å². The van der Waals surface area contributed by atoms with Gasteiger partial charge in [-0.05, 0) is 35.9 Å². The van der Waals surface area contributed by atoms with Crippen LogP contribution in [0.4, 0.5) is 0 Å². The fourth-order valence-electron chi connectivity index (χ4n) is 2.45. The Kier molecular flexibility index (Phi) is 3.58. The molecule has 21 heavy (non-hydrogen) atoms. The third-order valence-electron chi connectivity index (χ3n) is 3.48. The Morgan fingerprint density at radius 1 is 1.14 bits per heavy atom. The van der Waals surface area contributed by atoms with Crippen molar-refractivity contribution in [3.8, 4) is 10.7 Å². The molecule has 0 aliphatic carbocycles. The van der Waals surface area contributed by atoms with Crippen LogP contribution in [0.5, 0.6) is 0 Å². The largest absolute Gasteiger partial charge is 0.226 e. The van der Waals surface area contributed by atoms with Crippen molar-refractivity contribution in [3.05, 3.63) is 44.9 Å². The van der Waals surface area contributed by atoms with Crippen molar-refractivity contribution < 1.29 is 0 Å². The molecule has 1 aliphatic heterocycles. The molecule has 3 heterocycles. The van der Waals surface area contributed by atoms with E-state index in [1.54, 1.807) is 11.3 Å². The van der Waals surface area contributed by atoms with Gasteiger partial charge in [0.25, 0.3) is 0 Å². The highest BCUT2D eigenvalue weighted by molar-refractivity contribution is 7.98. The molecular formula is C15H10Cl2N2S2. The van der Waals surface area contributed by atoms with E-state index in [-0.39, 0.29) is 0 Å². The van der Waals surface area contributed by atoms with Crippen LogP contribution >= 0.6 is 46.3 Å². The van der Waals surface area contributed by atoms with Crippen LogP contribution in [0.1, 0.15) is 10.4 Å². The molecule has 2 nitrogen and oxygen atoms in total. The lowest BCUT2D eigenvalue weighted by Crippen LogP contribution is -1.96. The number of rotatable bonds is 1. The van der Waals surface area contributed by atoms with E-state index in [4.69, 9.17) is 23.2 Å². The molecule has 0 amide bonds. The second kappa shape index (κ2) is 5.43. The number of aryl methyl sites for hydroxylation is 1. The summed E-state index contributed by atoms with van der Waals surface area (Å²) in [6.45, 7) is 0. The topological polar surface area (TPSA) is 25.8 Å². The molecule has 1 aromatic carbocycles. The lowest BCUT2D eigenvalue weighted by atomic mass is 10.2. The van der Waals surface area contributed by atoms with Crippen LogP contribution in [0.2, 0.25) is 10.2 Å². The Hall–Kier alpha value is -0.810. The number of benzene rings is 1. The van der Waals surface area contributed by atoms with Gasteiger partial charge in [0.2, 0.25) is 0 Å². The molecule has 2 aromatic heterocycles. The molecule has 6 heteroatoms. The first-order valence-corrected chi connectivity index (χ1v) is 9.26. The quantitative estimate of drug-likeness (QED) is 0.544. The number of thioether (sulfide) groups is 1. The number of hydrogen-bond donors (Lipinski definition) is 0. The number of hydrogen-bond acceptors (Lipinski definition) is 4. The molecule has 0 unspecified atom stereocenters. The first-order chi connectivity index (χ1) is 10.2. The Balaban J connectivity index is 1.90. The number of para-hydroxylation sites is 1. The molecule has 0 saturated heterocycles. The minimum atomic E-state index is 0.457. The van der Waals surface area contributed by atoms with Crippen molar-refractivity contribution in [1.29, 1.82) is 0 Å². The van der Waals surface area contributed by atoms with Gasteiger partial charge < -0.3 is 0 Å². The van der Waals surface area contributed by atoms with Gasteiger partial charge in [0, 0.05) is 16.0 Å². The van der Waals surface area contributed by atoms with Gasteiger partial charge in [-0.1, -0.05) is 29.3 Å². The van der Waals surface area contributed by atoms with Crippen LogP contribution in [-0.4, -0.2) is 15.7 Å². The second-order valence-corrected chi connectivity index (χ2v) is 7.84. The zero-order valence-electron chi connectivity index (χ0n) is 10.9. The van der Waals surface area contributed by atoms with Crippen molar-refractivity contribution in [2.24, 2.45) is 0 Å². The Bertz CT molecular complexity index is 822. The summed E-state index contributed by atoms with van der Waals surface area (Å²) in [5.74, 6) is 2.94. The molecule has 0 radical (unpaired) electrons. The second-order valence-electron chi connectivity index (χ2n) is 4.84. The number of aromatic nitrogens is 2. The summed E-state index contributed by atoms with van der Waals surface area (Å²) in [4.78, 5) is 11.6. The lowest BCUT2D eigenvalue weighted by Gasteiger charge is -2.08. The third-order valence-corrected chi connectivity index (χ3v) is 6.31. The molecule has 3 aromatic rings. The van der Waals surface area contributed by atoms with E-state index in [0.29, 0.717) is 16.0 Å². The number of fused-ring (bicyclic) bond motifs is 2. The van der Waals surface area contributed by atoms with Gasteiger partial charge in [-0.2, -0.15) is 11.8 Å². The smallest absolute Gasteiger partial charge is 0.171 e. The molecule has 0 fully saturated rings. The fraction of sp³-hybridized carbons (Fsp3) is 0.200. The van der Waals surface area contributed by atoms with Gasteiger partial charge in [-0.3, -0.25) is 0 Å². The van der Waals surface area contributed by atoms with Crippen molar-refractivity contribution in [1.82, 2.24) is 9.97 Å². The zero-order valence-corrected chi connectivity index (χ0v) is 14.0. The summed E-state index contributed by atoms with van der Waals surface area (Å²) < 4.78 is 0. The van der Waals surface area contributed by atoms with Crippen LogP contribution in [0.3, 0.4) is 0 Å². The zero-order chi connectivity index (χ0) is 14.4. The van der Waals surface area contributed by atoms with Crippen molar-refractivity contribution >= 4 is 57.2 Å². The summed E-state index contributed by atoms with van der Waals surface area (Å²) >= 11 is 16.3. The molecule has 0 N–H and O–H groups in total. The average Bonchev–Trinajstić information content (AvgIpc) is 2.92. The van der Waals surface area contributed by atoms with Gasteiger partial charge in [0.05, 0.1) is 15.4 Å². The summed E-state index contributed by atoms with van der Waals surface area (Å²) in [6, 6.07) is 7.78. The summed E-state index contributed by atoms with van der Waals surface area (Å²) in [6.07, 6.45) is 1.13. The van der Waals surface area contributed by atoms with E-state index in [9.17, 15) is 0 Å². The van der Waals surface area contributed by atoms with Gasteiger partial charge in [0.1, 0.15) is 5.15 Å². The molecule has 0 spiro atoms. The predicted octanol–water partition coefficient (Wildman–Crippen LogP) is 5.45. The van der Waals surface area contributed by atoms with Gasteiger partial charge in [-0.15, -0.1) is 11.3 Å². The molecular weight excluding hydrogens is 343 g/mol. The number of halogens is 2.